The fourth-order valence-electron chi connectivity index (χ4n) is 1.91. The Morgan fingerprint density at radius 3 is 2.45 bits per heavy atom. The van der Waals surface area contributed by atoms with E-state index in [-0.39, 0.29) is 5.16 Å². The van der Waals surface area contributed by atoms with E-state index in [0.29, 0.717) is 5.69 Å². The molecule has 0 spiro atoms. The number of rotatable bonds is 4. The van der Waals surface area contributed by atoms with Crippen LogP contribution in [0.1, 0.15) is 11.1 Å². The van der Waals surface area contributed by atoms with Gasteiger partial charge in [-0.05, 0) is 37.1 Å². The molecule has 2 rings (SSSR count). The number of nitrogens with zero attached hydrogens (tertiary/aromatic N) is 1. The van der Waals surface area contributed by atoms with Crippen LogP contribution < -0.4 is 5.32 Å². The molecular formula is C13H15N3O3S. The van der Waals surface area contributed by atoms with E-state index in [2.05, 4.69) is 15.3 Å². The van der Waals surface area contributed by atoms with Crippen molar-refractivity contribution in [3.05, 3.63) is 41.7 Å². The third-order valence-corrected chi connectivity index (χ3v) is 4.05. The number of aromatic amines is 1. The van der Waals surface area contributed by atoms with E-state index in [4.69, 9.17) is 0 Å². The van der Waals surface area contributed by atoms with Gasteiger partial charge in [-0.1, -0.05) is 6.07 Å². The fraction of sp³-hybridized carbons (Fsp3) is 0.231. The molecule has 0 saturated carbocycles. The van der Waals surface area contributed by atoms with Crippen molar-refractivity contribution in [2.75, 3.05) is 11.1 Å². The third-order valence-electron chi connectivity index (χ3n) is 2.59. The zero-order valence-corrected chi connectivity index (χ0v) is 12.0. The van der Waals surface area contributed by atoms with Crippen molar-refractivity contribution >= 4 is 21.4 Å². The smallest absolute Gasteiger partial charge is 0.240 e. The highest BCUT2D eigenvalue weighted by Gasteiger charge is 2.21. The van der Waals surface area contributed by atoms with E-state index in [1.165, 1.54) is 12.4 Å². The summed E-state index contributed by atoms with van der Waals surface area (Å²) in [6.07, 6.45) is 2.73. The highest BCUT2D eigenvalue weighted by atomic mass is 32.2. The van der Waals surface area contributed by atoms with Crippen molar-refractivity contribution in [3.63, 3.8) is 0 Å². The predicted molar refractivity (Wildman–Crippen MR) is 75.2 cm³/mol. The van der Waals surface area contributed by atoms with E-state index in [1.807, 2.05) is 19.9 Å². The number of H-pyrrole nitrogens is 1. The Balaban J connectivity index is 2.10. The molecule has 2 N–H and O–H groups in total. The lowest BCUT2D eigenvalue weighted by atomic mass is 10.1. The minimum atomic E-state index is -3.74. The van der Waals surface area contributed by atoms with Crippen LogP contribution in [0, 0.1) is 13.8 Å². The number of hydrogen-bond donors (Lipinski definition) is 2. The van der Waals surface area contributed by atoms with Crippen LogP contribution in [0.2, 0.25) is 0 Å². The number of amides is 1. The first-order valence-electron chi connectivity index (χ1n) is 5.97. The molecule has 0 bridgehead atoms. The molecule has 6 nitrogen and oxygen atoms in total. The van der Waals surface area contributed by atoms with Crippen LogP contribution in [-0.2, 0) is 14.6 Å². The summed E-state index contributed by atoms with van der Waals surface area (Å²) in [6.45, 7) is 3.81. The summed E-state index contributed by atoms with van der Waals surface area (Å²) in [6, 6.07) is 5.53. The number of aryl methyl sites for hydroxylation is 2. The summed E-state index contributed by atoms with van der Waals surface area (Å²) < 4.78 is 23.7. The van der Waals surface area contributed by atoms with Crippen LogP contribution in [0.5, 0.6) is 0 Å². The number of sulfone groups is 1. The normalized spacial score (nSPS) is 11.3. The Hall–Kier alpha value is -2.15. The average Bonchev–Trinajstić information content (AvgIpc) is 2.79. The van der Waals surface area contributed by atoms with E-state index < -0.39 is 21.5 Å². The average molecular weight is 293 g/mol. The minimum Gasteiger partial charge on any atom is -0.336 e. The van der Waals surface area contributed by atoms with Crippen LogP contribution >= 0.6 is 0 Å². The summed E-state index contributed by atoms with van der Waals surface area (Å²) in [5.41, 5.74) is 2.57. The molecule has 106 valence electrons. The van der Waals surface area contributed by atoms with Gasteiger partial charge in [0.2, 0.25) is 20.9 Å². The standard InChI is InChI=1S/C13H15N3O3S/c1-9-5-10(2)7-11(6-9)16-12(17)8-20(18,19)13-14-3-4-15-13/h3-7H,8H2,1-2H3,(H,14,15)(H,16,17). The maximum atomic E-state index is 11.9. The molecule has 1 aromatic heterocycles. The quantitative estimate of drug-likeness (QED) is 0.892. The lowest BCUT2D eigenvalue weighted by Gasteiger charge is -2.07. The van der Waals surface area contributed by atoms with E-state index in [9.17, 15) is 13.2 Å². The lowest BCUT2D eigenvalue weighted by molar-refractivity contribution is -0.113. The zero-order chi connectivity index (χ0) is 14.8. The van der Waals surface area contributed by atoms with Crippen molar-refractivity contribution in [1.82, 2.24) is 9.97 Å². The second-order valence-electron chi connectivity index (χ2n) is 4.58. The van der Waals surface area contributed by atoms with Crippen LogP contribution in [0.25, 0.3) is 0 Å². The van der Waals surface area contributed by atoms with Gasteiger partial charge >= 0.3 is 0 Å². The van der Waals surface area contributed by atoms with Crippen molar-refractivity contribution in [2.24, 2.45) is 0 Å². The SMILES string of the molecule is Cc1cc(C)cc(NC(=O)CS(=O)(=O)c2ncc[nH]2)c1. The molecule has 2 aromatic rings. The van der Waals surface area contributed by atoms with Gasteiger partial charge in [-0.2, -0.15) is 0 Å². The molecule has 0 aliphatic carbocycles. The van der Waals surface area contributed by atoms with Gasteiger partial charge < -0.3 is 10.3 Å². The summed E-state index contributed by atoms with van der Waals surface area (Å²) >= 11 is 0. The highest BCUT2D eigenvalue weighted by molar-refractivity contribution is 7.92. The Kier molecular flexibility index (Phi) is 3.89. The zero-order valence-electron chi connectivity index (χ0n) is 11.2. The van der Waals surface area contributed by atoms with Gasteiger partial charge in [0, 0.05) is 18.1 Å². The van der Waals surface area contributed by atoms with E-state index in [0.717, 1.165) is 11.1 Å². The molecule has 0 unspecified atom stereocenters. The molecule has 1 aromatic carbocycles. The van der Waals surface area contributed by atoms with Gasteiger partial charge in [-0.25, -0.2) is 13.4 Å². The number of benzene rings is 1. The molecule has 7 heteroatoms. The van der Waals surface area contributed by atoms with Gasteiger partial charge in [-0.3, -0.25) is 4.79 Å². The summed E-state index contributed by atoms with van der Waals surface area (Å²) in [4.78, 5) is 18.0. The molecule has 0 fully saturated rings. The Labute approximate surface area is 117 Å². The first kappa shape index (κ1) is 14.3. The highest BCUT2D eigenvalue weighted by Crippen LogP contribution is 2.14. The number of carbonyl (C=O) groups is 1. The van der Waals surface area contributed by atoms with Crippen LogP contribution in [-0.4, -0.2) is 30.0 Å². The van der Waals surface area contributed by atoms with Gasteiger partial charge in [0.05, 0.1) is 0 Å². The molecule has 20 heavy (non-hydrogen) atoms. The van der Waals surface area contributed by atoms with Crippen molar-refractivity contribution in [3.8, 4) is 0 Å². The molecular weight excluding hydrogens is 278 g/mol. The van der Waals surface area contributed by atoms with E-state index >= 15 is 0 Å². The van der Waals surface area contributed by atoms with Crippen molar-refractivity contribution in [2.45, 2.75) is 19.0 Å². The van der Waals surface area contributed by atoms with Crippen LogP contribution in [0.15, 0.2) is 35.7 Å². The lowest BCUT2D eigenvalue weighted by Crippen LogP contribution is -2.23. The van der Waals surface area contributed by atoms with Crippen LogP contribution in [0.3, 0.4) is 0 Å². The summed E-state index contributed by atoms with van der Waals surface area (Å²) in [7, 11) is -3.74. The fourth-order valence-corrected chi connectivity index (χ4v) is 2.93. The predicted octanol–water partition coefficient (Wildman–Crippen LogP) is 1.44. The molecule has 0 atom stereocenters. The van der Waals surface area contributed by atoms with Crippen LogP contribution in [0.4, 0.5) is 5.69 Å². The molecule has 1 heterocycles. The summed E-state index contributed by atoms with van der Waals surface area (Å²) in [5.74, 6) is -1.24. The Morgan fingerprint density at radius 1 is 1.25 bits per heavy atom. The number of carbonyl (C=O) groups excluding carboxylic acids is 1. The summed E-state index contributed by atoms with van der Waals surface area (Å²) in [5, 5.41) is 2.38. The van der Waals surface area contributed by atoms with Gasteiger partial charge in [-0.15, -0.1) is 0 Å². The number of nitrogens with one attached hydrogen (secondary N) is 2. The molecule has 1 amide bonds. The first-order chi connectivity index (χ1) is 9.37. The molecule has 0 radical (unpaired) electrons. The number of anilines is 1. The number of imidazole rings is 1. The largest absolute Gasteiger partial charge is 0.336 e. The monoisotopic (exact) mass is 293 g/mol. The van der Waals surface area contributed by atoms with Crippen molar-refractivity contribution in [1.29, 1.82) is 0 Å². The van der Waals surface area contributed by atoms with Gasteiger partial charge in [0.1, 0.15) is 5.75 Å². The minimum absolute atomic E-state index is 0.201. The third kappa shape index (κ3) is 3.45. The maximum Gasteiger partial charge on any atom is 0.240 e. The first-order valence-corrected chi connectivity index (χ1v) is 7.62. The Bertz CT molecular complexity index is 701. The van der Waals surface area contributed by atoms with Gasteiger partial charge in [0.25, 0.3) is 0 Å². The molecule has 0 aliphatic rings. The molecule has 0 saturated heterocycles. The second kappa shape index (κ2) is 5.46. The molecule has 0 aliphatic heterocycles. The maximum absolute atomic E-state index is 11.9. The Morgan fingerprint density at radius 2 is 1.90 bits per heavy atom. The van der Waals surface area contributed by atoms with Crippen molar-refractivity contribution < 1.29 is 13.2 Å². The van der Waals surface area contributed by atoms with E-state index in [1.54, 1.807) is 12.1 Å². The number of aromatic nitrogens is 2. The van der Waals surface area contributed by atoms with Gasteiger partial charge in [0.15, 0.2) is 0 Å². The second-order valence-corrected chi connectivity index (χ2v) is 6.48. The number of hydrogen-bond acceptors (Lipinski definition) is 4. The topological polar surface area (TPSA) is 91.9 Å².